The number of rotatable bonds is 1. The highest BCUT2D eigenvalue weighted by molar-refractivity contribution is 5.50. The van der Waals surface area contributed by atoms with Crippen molar-refractivity contribution in [2.45, 2.75) is 19.5 Å². The van der Waals surface area contributed by atoms with Gasteiger partial charge in [-0.15, -0.1) is 0 Å². The van der Waals surface area contributed by atoms with E-state index >= 15 is 0 Å². The van der Waals surface area contributed by atoms with E-state index in [2.05, 4.69) is 4.98 Å². The lowest BCUT2D eigenvalue weighted by Gasteiger charge is -2.12. The van der Waals surface area contributed by atoms with Crippen molar-refractivity contribution in [2.24, 2.45) is 0 Å². The quantitative estimate of drug-likeness (QED) is 0.747. The van der Waals surface area contributed by atoms with Gasteiger partial charge in [-0.1, -0.05) is 0 Å². The summed E-state index contributed by atoms with van der Waals surface area (Å²) in [6.07, 6.45) is -7.85. The SMILES string of the molecule is Cc1c(N)cc(C(F)F)nc1C(F)(F)F. The van der Waals surface area contributed by atoms with Crippen LogP contribution in [0.1, 0.15) is 23.4 Å². The van der Waals surface area contributed by atoms with Crippen molar-refractivity contribution in [3.63, 3.8) is 0 Å². The number of alkyl halides is 5. The van der Waals surface area contributed by atoms with Gasteiger partial charge in [0.15, 0.2) is 0 Å². The first kappa shape index (κ1) is 11.7. The summed E-state index contributed by atoms with van der Waals surface area (Å²) in [5, 5.41) is 0. The number of hydrogen-bond donors (Lipinski definition) is 1. The molecule has 0 atom stereocenters. The third-order valence-corrected chi connectivity index (χ3v) is 1.82. The number of pyridine rings is 1. The maximum Gasteiger partial charge on any atom is 0.433 e. The summed E-state index contributed by atoms with van der Waals surface area (Å²) < 4.78 is 61.3. The fourth-order valence-electron chi connectivity index (χ4n) is 1.04. The Hall–Kier alpha value is -1.40. The fraction of sp³-hybridized carbons (Fsp3) is 0.375. The molecule has 1 aromatic heterocycles. The molecule has 0 aliphatic heterocycles. The Kier molecular flexibility index (Phi) is 2.83. The number of nitrogen functional groups attached to an aromatic ring is 1. The van der Waals surface area contributed by atoms with E-state index in [1.54, 1.807) is 0 Å². The molecule has 1 heterocycles. The van der Waals surface area contributed by atoms with Gasteiger partial charge in [0, 0.05) is 11.3 Å². The second-order valence-corrected chi connectivity index (χ2v) is 2.91. The Bertz CT molecular complexity index is 372. The third-order valence-electron chi connectivity index (χ3n) is 1.82. The zero-order chi connectivity index (χ0) is 11.8. The number of nitrogens with zero attached hydrogens (tertiary/aromatic N) is 1. The van der Waals surface area contributed by atoms with Crippen molar-refractivity contribution in [3.05, 3.63) is 23.0 Å². The van der Waals surface area contributed by atoms with Crippen molar-refractivity contribution < 1.29 is 22.0 Å². The molecule has 0 radical (unpaired) electrons. The normalized spacial score (nSPS) is 12.2. The van der Waals surface area contributed by atoms with Gasteiger partial charge in [-0.3, -0.25) is 0 Å². The molecule has 7 heteroatoms. The Morgan fingerprint density at radius 3 is 2.27 bits per heavy atom. The van der Waals surface area contributed by atoms with Gasteiger partial charge < -0.3 is 5.73 Å². The molecule has 1 rings (SSSR count). The standard InChI is InChI=1S/C8H7F5N2/c1-3-4(14)2-5(7(9)10)15-6(3)8(11,12)13/h2,7H,1H3,(H2,14,15). The number of hydrogen-bond acceptors (Lipinski definition) is 2. The first-order chi connectivity index (χ1) is 6.73. The van der Waals surface area contributed by atoms with Crippen LogP contribution in [-0.2, 0) is 6.18 Å². The molecule has 2 N–H and O–H groups in total. The maximum atomic E-state index is 12.3. The van der Waals surface area contributed by atoms with Crippen molar-refractivity contribution in [1.82, 2.24) is 4.98 Å². The maximum absolute atomic E-state index is 12.3. The summed E-state index contributed by atoms with van der Waals surface area (Å²) in [4.78, 5) is 2.85. The first-order valence-corrected chi connectivity index (χ1v) is 3.86. The van der Waals surface area contributed by atoms with Crippen molar-refractivity contribution in [1.29, 1.82) is 0 Å². The van der Waals surface area contributed by atoms with Crippen LogP contribution in [0.4, 0.5) is 27.6 Å². The number of halogens is 5. The minimum Gasteiger partial charge on any atom is -0.398 e. The van der Waals surface area contributed by atoms with Gasteiger partial charge in [0.2, 0.25) is 0 Å². The molecule has 0 amide bonds. The highest BCUT2D eigenvalue weighted by Gasteiger charge is 2.36. The zero-order valence-electron chi connectivity index (χ0n) is 7.57. The van der Waals surface area contributed by atoms with Gasteiger partial charge >= 0.3 is 6.18 Å². The minimum atomic E-state index is -4.77. The zero-order valence-corrected chi connectivity index (χ0v) is 7.57. The van der Waals surface area contributed by atoms with Gasteiger partial charge in [-0.05, 0) is 13.0 Å². The van der Waals surface area contributed by atoms with Crippen LogP contribution in [0, 0.1) is 6.92 Å². The van der Waals surface area contributed by atoms with E-state index < -0.39 is 24.0 Å². The Balaban J connectivity index is 3.38. The smallest absolute Gasteiger partial charge is 0.398 e. The van der Waals surface area contributed by atoms with Crippen LogP contribution in [0.25, 0.3) is 0 Å². The van der Waals surface area contributed by atoms with Gasteiger partial charge in [-0.2, -0.15) is 13.2 Å². The van der Waals surface area contributed by atoms with Crippen LogP contribution in [0.5, 0.6) is 0 Å². The van der Waals surface area contributed by atoms with Crippen LogP contribution in [0.3, 0.4) is 0 Å². The molecular weight excluding hydrogens is 219 g/mol. The molecule has 1 aromatic rings. The largest absolute Gasteiger partial charge is 0.433 e. The molecule has 0 unspecified atom stereocenters. The lowest BCUT2D eigenvalue weighted by Crippen LogP contribution is -2.14. The molecule has 2 nitrogen and oxygen atoms in total. The molecule has 0 bridgehead atoms. The molecule has 0 aromatic carbocycles. The van der Waals surface area contributed by atoms with Gasteiger partial charge in [0.25, 0.3) is 6.43 Å². The van der Waals surface area contributed by atoms with E-state index in [0.717, 1.165) is 13.0 Å². The van der Waals surface area contributed by atoms with E-state index in [1.807, 2.05) is 0 Å². The van der Waals surface area contributed by atoms with Crippen molar-refractivity contribution in [3.8, 4) is 0 Å². The number of anilines is 1. The van der Waals surface area contributed by atoms with E-state index in [4.69, 9.17) is 5.73 Å². The average molecular weight is 226 g/mol. The summed E-state index contributed by atoms with van der Waals surface area (Å²) in [5.74, 6) is 0. The van der Waals surface area contributed by atoms with E-state index in [0.29, 0.717) is 0 Å². The molecular formula is C8H7F5N2. The monoisotopic (exact) mass is 226 g/mol. The van der Waals surface area contributed by atoms with Gasteiger partial charge in [0.05, 0.1) is 0 Å². The molecule has 0 aliphatic rings. The lowest BCUT2D eigenvalue weighted by atomic mass is 10.1. The molecule has 0 saturated carbocycles. The van der Waals surface area contributed by atoms with Gasteiger partial charge in [0.1, 0.15) is 11.4 Å². The molecule has 0 aliphatic carbocycles. The predicted molar refractivity (Wildman–Crippen MR) is 43.3 cm³/mol. The summed E-state index contributed by atoms with van der Waals surface area (Å²) in [6, 6.07) is 0.745. The highest BCUT2D eigenvalue weighted by Crippen LogP contribution is 2.34. The number of nitrogens with two attached hydrogens (primary N) is 1. The van der Waals surface area contributed by atoms with Crippen molar-refractivity contribution >= 4 is 5.69 Å². The summed E-state index contributed by atoms with van der Waals surface area (Å²) in [7, 11) is 0. The topological polar surface area (TPSA) is 38.9 Å². The molecule has 0 spiro atoms. The van der Waals surface area contributed by atoms with Crippen molar-refractivity contribution in [2.75, 3.05) is 5.73 Å². The summed E-state index contributed by atoms with van der Waals surface area (Å²) >= 11 is 0. The predicted octanol–water partition coefficient (Wildman–Crippen LogP) is 2.93. The first-order valence-electron chi connectivity index (χ1n) is 3.86. The Morgan fingerprint density at radius 2 is 1.87 bits per heavy atom. The summed E-state index contributed by atoms with van der Waals surface area (Å²) in [5.41, 5.74) is 2.17. The lowest BCUT2D eigenvalue weighted by molar-refractivity contribution is -0.141. The molecule has 0 saturated heterocycles. The van der Waals surface area contributed by atoms with Crippen LogP contribution in [-0.4, -0.2) is 4.98 Å². The summed E-state index contributed by atoms with van der Waals surface area (Å²) in [6.45, 7) is 1.08. The van der Waals surface area contributed by atoms with Crippen LogP contribution < -0.4 is 5.73 Å². The second-order valence-electron chi connectivity index (χ2n) is 2.91. The van der Waals surface area contributed by atoms with Crippen LogP contribution in [0.2, 0.25) is 0 Å². The third kappa shape index (κ3) is 2.34. The molecule has 15 heavy (non-hydrogen) atoms. The fourth-order valence-corrected chi connectivity index (χ4v) is 1.04. The van der Waals surface area contributed by atoms with E-state index in [1.165, 1.54) is 0 Å². The second kappa shape index (κ2) is 3.63. The van der Waals surface area contributed by atoms with Crippen LogP contribution >= 0.6 is 0 Å². The molecule has 84 valence electrons. The van der Waals surface area contributed by atoms with E-state index in [9.17, 15) is 22.0 Å². The average Bonchev–Trinajstić information content (AvgIpc) is 2.06. The Labute approximate surface area is 81.9 Å². The Morgan fingerprint density at radius 1 is 1.33 bits per heavy atom. The van der Waals surface area contributed by atoms with E-state index in [-0.39, 0.29) is 11.3 Å². The molecule has 0 fully saturated rings. The minimum absolute atomic E-state index is 0.340. The number of aromatic nitrogens is 1. The van der Waals surface area contributed by atoms with Gasteiger partial charge in [-0.25, -0.2) is 13.8 Å². The van der Waals surface area contributed by atoms with Crippen LogP contribution in [0.15, 0.2) is 6.07 Å². The highest BCUT2D eigenvalue weighted by atomic mass is 19.4.